The van der Waals surface area contributed by atoms with Gasteiger partial charge in [-0.2, -0.15) is 0 Å². The fraction of sp³-hybridized carbons (Fsp3) is 0.750. The van der Waals surface area contributed by atoms with Crippen LogP contribution in [-0.2, 0) is 0 Å². The minimum absolute atomic E-state index is 0.590. The molecule has 3 heterocycles. The lowest BCUT2D eigenvalue weighted by atomic mass is 9.92. The fourth-order valence-corrected chi connectivity index (χ4v) is 4.90. The van der Waals surface area contributed by atoms with Crippen molar-refractivity contribution in [2.24, 2.45) is 0 Å². The highest BCUT2D eigenvalue weighted by molar-refractivity contribution is 7.10. The van der Waals surface area contributed by atoms with Crippen molar-refractivity contribution in [2.45, 2.75) is 64.1 Å². The molecule has 1 aromatic heterocycles. The predicted molar refractivity (Wildman–Crippen MR) is 82.8 cm³/mol. The van der Waals surface area contributed by atoms with Gasteiger partial charge in [-0.15, -0.1) is 11.3 Å². The van der Waals surface area contributed by atoms with E-state index in [0.29, 0.717) is 6.04 Å². The summed E-state index contributed by atoms with van der Waals surface area (Å²) >= 11 is 1.93. The highest BCUT2D eigenvalue weighted by atomic mass is 32.1. The van der Waals surface area contributed by atoms with Crippen molar-refractivity contribution in [3.8, 4) is 0 Å². The molecule has 1 aromatic rings. The molecular formula is C16H26N2S. The molecule has 3 heteroatoms. The minimum atomic E-state index is 0.590. The fourth-order valence-electron chi connectivity index (χ4n) is 3.90. The van der Waals surface area contributed by atoms with Crippen LogP contribution in [0.15, 0.2) is 11.4 Å². The third kappa shape index (κ3) is 2.74. The predicted octanol–water partition coefficient (Wildman–Crippen LogP) is 3.72. The number of thiophene rings is 1. The Morgan fingerprint density at radius 1 is 1.32 bits per heavy atom. The average molecular weight is 278 g/mol. The van der Waals surface area contributed by atoms with Gasteiger partial charge < -0.3 is 5.32 Å². The second-order valence-corrected chi connectivity index (χ2v) is 7.10. The van der Waals surface area contributed by atoms with Crippen molar-refractivity contribution >= 4 is 11.3 Å². The van der Waals surface area contributed by atoms with Crippen molar-refractivity contribution in [1.29, 1.82) is 0 Å². The van der Waals surface area contributed by atoms with Gasteiger partial charge in [-0.3, -0.25) is 4.90 Å². The number of hydrogen-bond acceptors (Lipinski definition) is 3. The van der Waals surface area contributed by atoms with Crippen LogP contribution in [-0.4, -0.2) is 30.1 Å². The van der Waals surface area contributed by atoms with E-state index in [4.69, 9.17) is 0 Å². The topological polar surface area (TPSA) is 15.3 Å². The highest BCUT2D eigenvalue weighted by Gasteiger charge is 2.34. The Kier molecular flexibility index (Phi) is 4.25. The molecule has 1 N–H and O–H groups in total. The molecule has 0 radical (unpaired) electrons. The van der Waals surface area contributed by atoms with Crippen LogP contribution in [0, 0.1) is 6.92 Å². The molecule has 0 aromatic carbocycles. The number of nitrogens with zero attached hydrogens (tertiary/aromatic N) is 1. The van der Waals surface area contributed by atoms with Crippen molar-refractivity contribution in [1.82, 2.24) is 10.2 Å². The summed E-state index contributed by atoms with van der Waals surface area (Å²) < 4.78 is 0. The van der Waals surface area contributed by atoms with Crippen LogP contribution in [0.5, 0.6) is 0 Å². The van der Waals surface area contributed by atoms with Crippen molar-refractivity contribution in [3.05, 3.63) is 21.9 Å². The van der Waals surface area contributed by atoms with Gasteiger partial charge in [-0.1, -0.05) is 6.42 Å². The summed E-state index contributed by atoms with van der Waals surface area (Å²) in [6, 6.07) is 4.35. The van der Waals surface area contributed by atoms with Gasteiger partial charge in [0.15, 0.2) is 0 Å². The van der Waals surface area contributed by atoms with Crippen LogP contribution in [0.4, 0.5) is 0 Å². The lowest BCUT2D eigenvalue weighted by Gasteiger charge is -2.42. The molecule has 106 valence electrons. The zero-order valence-electron chi connectivity index (χ0n) is 12.2. The second-order valence-electron chi connectivity index (χ2n) is 6.15. The number of piperidine rings is 1. The first-order chi connectivity index (χ1) is 9.27. The number of likely N-dealkylation sites (tertiary alicyclic amines) is 1. The van der Waals surface area contributed by atoms with Gasteiger partial charge in [0, 0.05) is 23.0 Å². The third-order valence-corrected chi connectivity index (χ3v) is 6.12. The van der Waals surface area contributed by atoms with Crippen molar-refractivity contribution < 1.29 is 0 Å². The van der Waals surface area contributed by atoms with Crippen LogP contribution >= 0.6 is 11.3 Å². The van der Waals surface area contributed by atoms with Crippen LogP contribution < -0.4 is 5.32 Å². The first kappa shape index (κ1) is 13.6. The second kappa shape index (κ2) is 5.94. The van der Waals surface area contributed by atoms with E-state index in [1.165, 1.54) is 50.8 Å². The first-order valence-corrected chi connectivity index (χ1v) is 8.68. The molecular weight excluding hydrogens is 252 g/mol. The van der Waals surface area contributed by atoms with Gasteiger partial charge in [-0.25, -0.2) is 0 Å². The summed E-state index contributed by atoms with van der Waals surface area (Å²) in [5.41, 5.74) is 1.47. The van der Waals surface area contributed by atoms with Gasteiger partial charge in [-0.05, 0) is 69.6 Å². The standard InChI is InChI=1S/C16H26N2S/c1-12-8-11-19-16(12)13(2)18-10-4-3-7-15(18)14-6-5-9-17-14/h8,11,13-15,17H,3-7,9-10H2,1-2H3. The van der Waals surface area contributed by atoms with E-state index < -0.39 is 0 Å². The maximum atomic E-state index is 3.73. The van der Waals surface area contributed by atoms with Gasteiger partial charge in [0.2, 0.25) is 0 Å². The van der Waals surface area contributed by atoms with E-state index >= 15 is 0 Å². The number of nitrogens with one attached hydrogen (secondary N) is 1. The molecule has 19 heavy (non-hydrogen) atoms. The quantitative estimate of drug-likeness (QED) is 0.906. The molecule has 0 saturated carbocycles. The summed E-state index contributed by atoms with van der Waals surface area (Å²) in [7, 11) is 0. The molecule has 2 nitrogen and oxygen atoms in total. The monoisotopic (exact) mass is 278 g/mol. The molecule has 2 aliphatic heterocycles. The SMILES string of the molecule is Cc1ccsc1C(C)N1CCCCC1C1CCCN1. The highest BCUT2D eigenvalue weighted by Crippen LogP contribution is 2.35. The van der Waals surface area contributed by atoms with Gasteiger partial charge in [0.1, 0.15) is 0 Å². The number of aryl methyl sites for hydroxylation is 1. The average Bonchev–Trinajstić information content (AvgIpc) is 3.09. The molecule has 0 amide bonds. The van der Waals surface area contributed by atoms with E-state index in [9.17, 15) is 0 Å². The summed E-state index contributed by atoms with van der Waals surface area (Å²) in [5, 5.41) is 5.98. The van der Waals surface area contributed by atoms with E-state index in [2.05, 4.69) is 35.5 Å². The summed E-state index contributed by atoms with van der Waals surface area (Å²) in [6.45, 7) is 7.17. The lowest BCUT2D eigenvalue weighted by Crippen LogP contribution is -2.50. The van der Waals surface area contributed by atoms with E-state index in [-0.39, 0.29) is 0 Å². The largest absolute Gasteiger partial charge is 0.312 e. The summed E-state index contributed by atoms with van der Waals surface area (Å²) in [6.07, 6.45) is 6.90. The van der Waals surface area contributed by atoms with E-state index in [1.54, 1.807) is 4.88 Å². The van der Waals surface area contributed by atoms with Crippen LogP contribution in [0.1, 0.15) is 55.5 Å². The Hall–Kier alpha value is -0.380. The van der Waals surface area contributed by atoms with Gasteiger partial charge in [0.25, 0.3) is 0 Å². The Balaban J connectivity index is 1.77. The number of rotatable bonds is 3. The van der Waals surface area contributed by atoms with E-state index in [0.717, 1.165) is 12.1 Å². The molecule has 0 aliphatic carbocycles. The zero-order valence-corrected chi connectivity index (χ0v) is 13.0. The molecule has 3 rings (SSSR count). The molecule has 2 saturated heterocycles. The Morgan fingerprint density at radius 3 is 2.89 bits per heavy atom. The third-order valence-electron chi connectivity index (χ3n) is 4.93. The molecule has 3 atom stereocenters. The molecule has 0 bridgehead atoms. The Bertz CT molecular complexity index is 409. The molecule has 0 spiro atoms. The van der Waals surface area contributed by atoms with Gasteiger partial charge in [0.05, 0.1) is 0 Å². The van der Waals surface area contributed by atoms with E-state index in [1.807, 2.05) is 11.3 Å². The maximum absolute atomic E-state index is 3.73. The van der Waals surface area contributed by atoms with Crippen molar-refractivity contribution in [3.63, 3.8) is 0 Å². The Labute approximate surface area is 121 Å². The zero-order chi connectivity index (χ0) is 13.2. The normalized spacial score (nSPS) is 30.6. The van der Waals surface area contributed by atoms with Crippen LogP contribution in [0.25, 0.3) is 0 Å². The molecule has 2 aliphatic rings. The van der Waals surface area contributed by atoms with Crippen LogP contribution in [0.2, 0.25) is 0 Å². The smallest absolute Gasteiger partial charge is 0.0419 e. The Morgan fingerprint density at radius 2 is 2.21 bits per heavy atom. The summed E-state index contributed by atoms with van der Waals surface area (Å²) in [4.78, 5) is 4.36. The lowest BCUT2D eigenvalue weighted by molar-refractivity contribution is 0.0815. The first-order valence-electron chi connectivity index (χ1n) is 7.80. The molecule has 2 fully saturated rings. The molecule has 3 unspecified atom stereocenters. The van der Waals surface area contributed by atoms with Gasteiger partial charge >= 0.3 is 0 Å². The maximum Gasteiger partial charge on any atom is 0.0419 e. The minimum Gasteiger partial charge on any atom is -0.312 e. The van der Waals surface area contributed by atoms with Crippen LogP contribution in [0.3, 0.4) is 0 Å². The number of hydrogen-bond donors (Lipinski definition) is 1. The van der Waals surface area contributed by atoms with Crippen molar-refractivity contribution in [2.75, 3.05) is 13.1 Å². The summed E-state index contributed by atoms with van der Waals surface area (Å²) in [5.74, 6) is 0.